The first-order valence-electron chi connectivity index (χ1n) is 8.87. The van der Waals surface area contributed by atoms with Crippen LogP contribution < -0.4 is 4.90 Å². The van der Waals surface area contributed by atoms with Crippen LogP contribution in [0.3, 0.4) is 0 Å². The molecule has 2 fully saturated rings. The number of nitrogens with zero attached hydrogens (tertiary/aromatic N) is 3. The Labute approximate surface area is 146 Å². The lowest BCUT2D eigenvalue weighted by atomic mass is 10.0. The Kier molecular flexibility index (Phi) is 4.91. The Bertz CT molecular complexity index is 688. The monoisotopic (exact) mass is 351 g/mol. The fourth-order valence-electron chi connectivity index (χ4n) is 3.48. The zero-order valence-corrected chi connectivity index (χ0v) is 16.0. The van der Waals surface area contributed by atoms with E-state index in [0.717, 1.165) is 43.5 Å². The lowest BCUT2D eigenvalue weighted by Gasteiger charge is -2.37. The third-order valence-electron chi connectivity index (χ3n) is 5.10. The molecule has 1 heterocycles. The molecule has 0 amide bonds. The zero-order valence-electron chi connectivity index (χ0n) is 15.2. The maximum absolute atomic E-state index is 13.0. The molecular weight excluding hydrogens is 322 g/mol. The molecule has 1 aliphatic carbocycles. The van der Waals surface area contributed by atoms with E-state index < -0.39 is 10.0 Å². The largest absolute Gasteiger partial charge is 0.368 e. The predicted octanol–water partition coefficient (Wildman–Crippen LogP) is 2.34. The minimum Gasteiger partial charge on any atom is -0.368 e. The molecule has 6 heteroatoms. The highest BCUT2D eigenvalue weighted by Gasteiger charge is 2.33. The first-order chi connectivity index (χ1) is 11.3. The van der Waals surface area contributed by atoms with Crippen molar-refractivity contribution in [3.63, 3.8) is 0 Å². The molecule has 3 rings (SSSR count). The minimum absolute atomic E-state index is 0.169. The van der Waals surface area contributed by atoms with E-state index in [1.165, 1.54) is 17.1 Å². The van der Waals surface area contributed by atoms with Gasteiger partial charge in [-0.25, -0.2) is 12.7 Å². The van der Waals surface area contributed by atoms with Crippen LogP contribution in [0.4, 0.5) is 5.69 Å². The van der Waals surface area contributed by atoms with Crippen LogP contribution in [0, 0.1) is 0 Å². The Balaban J connectivity index is 1.97. The number of sulfonamides is 1. The Hall–Kier alpha value is -1.11. The van der Waals surface area contributed by atoms with Crippen LogP contribution >= 0.6 is 0 Å². The number of anilines is 1. The van der Waals surface area contributed by atoms with Crippen molar-refractivity contribution in [1.29, 1.82) is 0 Å². The topological polar surface area (TPSA) is 43.9 Å². The lowest BCUT2D eigenvalue weighted by molar-refractivity contribution is 0.247. The van der Waals surface area contributed by atoms with Gasteiger partial charge in [0, 0.05) is 46.3 Å². The SMILES string of the molecule is CC(C)c1cccc(N2CCN(C3CC3)CC2)c1S(=O)(=O)N(C)C. The summed E-state index contributed by atoms with van der Waals surface area (Å²) in [5.41, 5.74) is 1.77. The van der Waals surface area contributed by atoms with Crippen molar-refractivity contribution in [3.8, 4) is 0 Å². The maximum Gasteiger partial charge on any atom is 0.244 e. The van der Waals surface area contributed by atoms with Crippen LogP contribution in [0.5, 0.6) is 0 Å². The normalized spacial score (nSPS) is 20.2. The fourth-order valence-corrected chi connectivity index (χ4v) is 4.91. The molecule has 0 bridgehead atoms. The van der Waals surface area contributed by atoms with E-state index in [-0.39, 0.29) is 5.92 Å². The van der Waals surface area contributed by atoms with Crippen molar-refractivity contribution in [2.45, 2.75) is 43.5 Å². The van der Waals surface area contributed by atoms with Gasteiger partial charge < -0.3 is 4.90 Å². The van der Waals surface area contributed by atoms with Crippen molar-refractivity contribution in [1.82, 2.24) is 9.21 Å². The highest BCUT2D eigenvalue weighted by atomic mass is 32.2. The molecule has 0 unspecified atom stereocenters. The van der Waals surface area contributed by atoms with Gasteiger partial charge in [-0.1, -0.05) is 26.0 Å². The molecule has 0 radical (unpaired) electrons. The standard InChI is InChI=1S/C18H29N3O2S/c1-14(2)16-6-5-7-17(18(16)24(22,23)19(3)4)21-12-10-20(11-13-21)15-8-9-15/h5-7,14-15H,8-13H2,1-4H3. The Morgan fingerprint density at radius 2 is 1.71 bits per heavy atom. The Morgan fingerprint density at radius 1 is 1.08 bits per heavy atom. The van der Waals surface area contributed by atoms with Crippen molar-refractivity contribution in [3.05, 3.63) is 23.8 Å². The summed E-state index contributed by atoms with van der Waals surface area (Å²) in [5.74, 6) is 0.169. The minimum atomic E-state index is -3.47. The van der Waals surface area contributed by atoms with Gasteiger partial charge in [-0.05, 0) is 30.4 Å². The average molecular weight is 352 g/mol. The van der Waals surface area contributed by atoms with E-state index in [1.807, 2.05) is 18.2 Å². The summed E-state index contributed by atoms with van der Waals surface area (Å²) in [5, 5.41) is 0. The highest BCUT2D eigenvalue weighted by Crippen LogP contribution is 2.35. The van der Waals surface area contributed by atoms with Gasteiger partial charge in [0.25, 0.3) is 0 Å². The van der Waals surface area contributed by atoms with Crippen LogP contribution in [-0.4, -0.2) is 63.9 Å². The highest BCUT2D eigenvalue weighted by molar-refractivity contribution is 7.89. The molecule has 0 spiro atoms. The van der Waals surface area contributed by atoms with Gasteiger partial charge in [0.05, 0.1) is 5.69 Å². The average Bonchev–Trinajstić information content (AvgIpc) is 3.39. The van der Waals surface area contributed by atoms with E-state index >= 15 is 0 Å². The zero-order chi connectivity index (χ0) is 17.5. The maximum atomic E-state index is 13.0. The molecule has 1 aromatic rings. The van der Waals surface area contributed by atoms with Crippen LogP contribution in [0.2, 0.25) is 0 Å². The summed E-state index contributed by atoms with van der Waals surface area (Å²) in [6.45, 7) is 7.95. The molecule has 134 valence electrons. The van der Waals surface area contributed by atoms with Gasteiger partial charge >= 0.3 is 0 Å². The van der Waals surface area contributed by atoms with Crippen LogP contribution in [0.15, 0.2) is 23.1 Å². The smallest absolute Gasteiger partial charge is 0.244 e. The van der Waals surface area contributed by atoms with Gasteiger partial charge in [0.1, 0.15) is 4.90 Å². The van der Waals surface area contributed by atoms with E-state index in [4.69, 9.17) is 0 Å². The molecule has 0 N–H and O–H groups in total. The molecule has 2 aliphatic rings. The number of rotatable bonds is 5. The van der Waals surface area contributed by atoms with Crippen molar-refractivity contribution < 1.29 is 8.42 Å². The summed E-state index contributed by atoms with van der Waals surface area (Å²) >= 11 is 0. The van der Waals surface area contributed by atoms with E-state index in [0.29, 0.717) is 4.90 Å². The molecule has 1 aliphatic heterocycles. The van der Waals surface area contributed by atoms with E-state index in [1.54, 1.807) is 14.1 Å². The third kappa shape index (κ3) is 3.32. The van der Waals surface area contributed by atoms with Crippen LogP contribution in [0.1, 0.15) is 38.2 Å². The molecule has 0 aromatic heterocycles. The molecule has 5 nitrogen and oxygen atoms in total. The molecule has 1 saturated heterocycles. The third-order valence-corrected chi connectivity index (χ3v) is 7.03. The second-order valence-electron chi connectivity index (χ2n) is 7.39. The number of hydrogen-bond donors (Lipinski definition) is 0. The second-order valence-corrected chi connectivity index (χ2v) is 9.48. The summed E-state index contributed by atoms with van der Waals surface area (Å²) in [6.07, 6.45) is 2.65. The predicted molar refractivity (Wildman–Crippen MR) is 98.2 cm³/mol. The van der Waals surface area contributed by atoms with Crippen LogP contribution in [0.25, 0.3) is 0 Å². The van der Waals surface area contributed by atoms with Gasteiger partial charge in [0.2, 0.25) is 10.0 Å². The molecule has 1 saturated carbocycles. The summed E-state index contributed by atoms with van der Waals surface area (Å²) in [6, 6.07) is 6.69. The van der Waals surface area contributed by atoms with Gasteiger partial charge in [0.15, 0.2) is 0 Å². The molecule has 1 aromatic carbocycles. The Morgan fingerprint density at radius 3 is 2.21 bits per heavy atom. The summed E-state index contributed by atoms with van der Waals surface area (Å²) in [7, 11) is -0.247. The first-order valence-corrected chi connectivity index (χ1v) is 10.3. The van der Waals surface area contributed by atoms with Crippen molar-refractivity contribution in [2.24, 2.45) is 0 Å². The first kappa shape index (κ1) is 17.7. The second kappa shape index (κ2) is 6.65. The number of piperazine rings is 1. The van der Waals surface area contributed by atoms with E-state index in [2.05, 4.69) is 23.6 Å². The van der Waals surface area contributed by atoms with Crippen molar-refractivity contribution in [2.75, 3.05) is 45.2 Å². The van der Waals surface area contributed by atoms with Gasteiger partial charge in [-0.2, -0.15) is 0 Å². The van der Waals surface area contributed by atoms with Gasteiger partial charge in [-0.15, -0.1) is 0 Å². The number of hydrogen-bond acceptors (Lipinski definition) is 4. The fraction of sp³-hybridized carbons (Fsp3) is 0.667. The number of benzene rings is 1. The quantitative estimate of drug-likeness (QED) is 0.817. The molecular formula is C18H29N3O2S. The molecule has 24 heavy (non-hydrogen) atoms. The molecule has 0 atom stereocenters. The lowest BCUT2D eigenvalue weighted by Crippen LogP contribution is -2.47. The van der Waals surface area contributed by atoms with Crippen molar-refractivity contribution >= 4 is 15.7 Å². The van der Waals surface area contributed by atoms with Crippen LogP contribution in [-0.2, 0) is 10.0 Å². The van der Waals surface area contributed by atoms with E-state index in [9.17, 15) is 8.42 Å². The summed E-state index contributed by atoms with van der Waals surface area (Å²) in [4.78, 5) is 5.29. The van der Waals surface area contributed by atoms with Gasteiger partial charge in [-0.3, -0.25) is 4.90 Å². The summed E-state index contributed by atoms with van der Waals surface area (Å²) < 4.78 is 27.3.